The summed E-state index contributed by atoms with van der Waals surface area (Å²) in [5.41, 5.74) is 0.144. The zero-order valence-electron chi connectivity index (χ0n) is 10.3. The Balaban J connectivity index is 0.00000128. The summed E-state index contributed by atoms with van der Waals surface area (Å²) in [6.07, 6.45) is 7.00. The van der Waals surface area contributed by atoms with E-state index >= 15 is 0 Å². The molecule has 1 aliphatic carbocycles. The minimum Gasteiger partial charge on any atom is -0.358 e. The maximum atomic E-state index is 5.95. The normalized spacial score (nSPS) is 39.8. The van der Waals surface area contributed by atoms with Gasteiger partial charge in [0.15, 0.2) is 0 Å². The van der Waals surface area contributed by atoms with Gasteiger partial charge in [-0.1, -0.05) is 0 Å². The van der Waals surface area contributed by atoms with E-state index in [-0.39, 0.29) is 60.2 Å². The van der Waals surface area contributed by atoms with Crippen LogP contribution in [0.2, 0.25) is 0 Å². The Hall–Kier alpha value is 2.14. The quantitative estimate of drug-likeness (QED) is 0.326. The first-order valence-electron chi connectivity index (χ1n) is 5.05. The van der Waals surface area contributed by atoms with Gasteiger partial charge in [0, 0.05) is 41.3 Å². The van der Waals surface area contributed by atoms with E-state index in [0.29, 0.717) is 11.8 Å². The first kappa shape index (κ1) is 19.1. The minimum absolute atomic E-state index is 0. The van der Waals surface area contributed by atoms with Crippen LogP contribution in [0.25, 0.3) is 0 Å². The van der Waals surface area contributed by atoms with Crippen LogP contribution in [0, 0.1) is 72.4 Å². The van der Waals surface area contributed by atoms with Crippen molar-refractivity contribution in [3.63, 3.8) is 0 Å². The summed E-state index contributed by atoms with van der Waals surface area (Å²) in [6.45, 7) is 5.05. The molecule has 2 aliphatic rings. The van der Waals surface area contributed by atoms with Gasteiger partial charge in [0.1, 0.15) is 0 Å². The van der Waals surface area contributed by atoms with Gasteiger partial charge < -0.3 is 7.43 Å². The van der Waals surface area contributed by atoms with Crippen molar-refractivity contribution in [1.29, 1.82) is 0 Å². The Morgan fingerprint density at radius 2 is 2.12 bits per heavy atom. The molecule has 4 atom stereocenters. The Labute approximate surface area is 151 Å². The van der Waals surface area contributed by atoms with E-state index in [1.807, 2.05) is 0 Å². The first-order valence-corrected chi connectivity index (χ1v) is 10.5. The molecule has 0 amide bonds. The van der Waals surface area contributed by atoms with Crippen molar-refractivity contribution in [2.24, 2.45) is 17.3 Å². The van der Waals surface area contributed by atoms with Gasteiger partial charge in [-0.3, -0.25) is 0 Å². The van der Waals surface area contributed by atoms with Crippen molar-refractivity contribution in [3.05, 3.63) is 26.0 Å². The topological polar surface area (TPSA) is 9.23 Å². The molecule has 1 saturated carbocycles. The minimum atomic E-state index is -1.68. The average molecular weight is 491 g/mol. The van der Waals surface area contributed by atoms with E-state index < -0.39 is 13.5 Å². The third kappa shape index (κ3) is 3.42. The van der Waals surface area contributed by atoms with Crippen molar-refractivity contribution in [3.8, 4) is 0 Å². The molecular weight excluding hydrogens is 473 g/mol. The van der Waals surface area contributed by atoms with Crippen LogP contribution < -0.4 is 0 Å². The average Bonchev–Trinajstić information content (AvgIpc) is 2.39. The van der Waals surface area contributed by atoms with Crippen molar-refractivity contribution >= 4 is 24.0 Å². The predicted octanol–water partition coefficient (Wildman–Crippen LogP) is 3.60. The van der Waals surface area contributed by atoms with Gasteiger partial charge >= 0.3 is 105 Å². The van der Waals surface area contributed by atoms with Crippen LogP contribution in [-0.2, 0) is 18.3 Å². The van der Waals surface area contributed by atoms with E-state index in [9.17, 15) is 0 Å². The molecule has 2 rings (SSSR count). The molecule has 17 heavy (non-hydrogen) atoms. The summed E-state index contributed by atoms with van der Waals surface area (Å²) >= 11 is -1.68. The Bertz CT molecular complexity index is 310. The van der Waals surface area contributed by atoms with Crippen LogP contribution in [0.1, 0.15) is 13.8 Å². The molecule has 0 aromatic rings. The summed E-state index contributed by atoms with van der Waals surface area (Å²) in [5.74, 6) is 0.955. The molecule has 1 nitrogen and oxygen atoms in total. The van der Waals surface area contributed by atoms with E-state index in [0.717, 1.165) is 6.61 Å². The number of allylic oxidation sites excluding steroid dienone is 1. The fourth-order valence-corrected chi connectivity index (χ4v) is 5.08. The van der Waals surface area contributed by atoms with Crippen LogP contribution in [-0.4, -0.2) is 17.3 Å². The molecule has 0 bridgehead atoms. The Morgan fingerprint density at radius 3 is 2.59 bits per heavy atom. The Kier molecular flexibility index (Phi) is 8.78. The number of ether oxygens (including phenoxy) is 1. The summed E-state index contributed by atoms with van der Waals surface area (Å²) in [7, 11) is 11.9. The fraction of sp³-hybridized carbons (Fsp3) is 0.583. The van der Waals surface area contributed by atoms with Gasteiger partial charge in [-0.05, 0) is 0 Å². The molecular formula is C12H18Cl2OPrRu-2. The van der Waals surface area contributed by atoms with Crippen molar-refractivity contribution in [1.82, 2.24) is 0 Å². The first-order chi connectivity index (χ1) is 7.11. The smallest absolute Gasteiger partial charge is 0 e. The van der Waals surface area contributed by atoms with Crippen LogP contribution in [0.5, 0.6) is 0 Å². The summed E-state index contributed by atoms with van der Waals surface area (Å²) in [6, 6.07) is 0. The SMILES string of the molecule is C/C=C/[C@]12C([CH]=[Ru]([Cl])[Cl])[CH-][C@H]1CO[C@H]2C.[CH3-].[Pr]. The maximum Gasteiger partial charge on any atom is 0 e. The van der Waals surface area contributed by atoms with Gasteiger partial charge in [-0.25, -0.2) is 0 Å². The molecule has 0 aromatic carbocycles. The number of halogens is 2. The number of rotatable bonds is 2. The third-order valence-electron chi connectivity index (χ3n) is 3.56. The molecule has 0 N–H and O–H groups in total. The molecule has 5 heteroatoms. The van der Waals surface area contributed by atoms with E-state index in [1.54, 1.807) is 0 Å². The second kappa shape index (κ2) is 7.80. The third-order valence-corrected chi connectivity index (χ3v) is 5.68. The van der Waals surface area contributed by atoms with Gasteiger partial charge in [0.25, 0.3) is 0 Å². The number of hydrogen-bond donors (Lipinski definition) is 0. The largest absolute Gasteiger partial charge is 0.358 e. The predicted molar refractivity (Wildman–Crippen MR) is 68.1 cm³/mol. The second-order valence-corrected chi connectivity index (χ2v) is 9.93. The molecule has 0 aromatic heterocycles. The molecule has 99 valence electrons. The molecule has 1 unspecified atom stereocenters. The van der Waals surface area contributed by atoms with E-state index in [1.165, 1.54) is 0 Å². The van der Waals surface area contributed by atoms with Crippen molar-refractivity contribution < 1.29 is 59.5 Å². The summed E-state index contributed by atoms with van der Waals surface area (Å²) in [5, 5.41) is 0. The molecule has 1 saturated heterocycles. The van der Waals surface area contributed by atoms with Gasteiger partial charge in [0.2, 0.25) is 0 Å². The van der Waals surface area contributed by atoms with Crippen LogP contribution >= 0.6 is 19.4 Å². The molecule has 1 radical (unpaired) electrons. The van der Waals surface area contributed by atoms with E-state index in [2.05, 4.69) is 37.0 Å². The summed E-state index contributed by atoms with van der Waals surface area (Å²) < 4.78 is 7.87. The molecule has 0 spiro atoms. The number of fused-ring (bicyclic) bond motifs is 1. The summed E-state index contributed by atoms with van der Waals surface area (Å²) in [4.78, 5) is 0. The maximum absolute atomic E-state index is 5.95. The van der Waals surface area contributed by atoms with Crippen LogP contribution in [0.4, 0.5) is 0 Å². The van der Waals surface area contributed by atoms with Crippen molar-refractivity contribution in [2.45, 2.75) is 20.0 Å². The second-order valence-electron chi connectivity index (χ2n) is 4.12. The van der Waals surface area contributed by atoms with Crippen LogP contribution in [0.3, 0.4) is 0 Å². The Morgan fingerprint density at radius 1 is 1.47 bits per heavy atom. The van der Waals surface area contributed by atoms with Gasteiger partial charge in [0.05, 0.1) is 0 Å². The van der Waals surface area contributed by atoms with E-state index in [4.69, 9.17) is 24.1 Å². The van der Waals surface area contributed by atoms with Gasteiger partial charge in [-0.15, -0.1) is 0 Å². The fourth-order valence-electron chi connectivity index (χ4n) is 2.77. The molecule has 2 fully saturated rings. The number of hydrogen-bond acceptors (Lipinski definition) is 1. The zero-order valence-corrected chi connectivity index (χ0v) is 17.3. The standard InChI is InChI=1S/C11H15O.CH3.2ClH.Pr.Ru/c1-4-5-11-8(2)6-10(11)7-12-9(11)3;;;;;/h2,4-6,8-10H,7H2,1,3H3;1H3;2*1H;;/q2*-1;;;;+2/p-2/b5-4+;;;;;/t8?,9-,10-,11+;;;;;/m0...../s1. The molecule has 1 heterocycles. The monoisotopic (exact) mass is 491 g/mol. The van der Waals surface area contributed by atoms with Crippen LogP contribution in [0.15, 0.2) is 12.2 Å². The van der Waals surface area contributed by atoms with Gasteiger partial charge in [-0.2, -0.15) is 0 Å². The zero-order chi connectivity index (χ0) is 11.1. The molecule has 1 aliphatic heterocycles. The van der Waals surface area contributed by atoms with Crippen molar-refractivity contribution in [2.75, 3.05) is 6.61 Å².